The molecule has 0 aliphatic rings. The van der Waals surface area contributed by atoms with E-state index in [4.69, 9.17) is 0 Å². The first-order valence-electron chi connectivity index (χ1n) is 6.87. The number of hydrogen-bond acceptors (Lipinski definition) is 1. The SMILES string of the molecule is C=C(Cc1ccc(F)c(C(C)(F)C(C)(F)F)c1)NCCC. The Labute approximate surface area is 123 Å². The molecule has 1 aromatic carbocycles. The van der Waals surface area contributed by atoms with Crippen molar-refractivity contribution in [3.05, 3.63) is 47.4 Å². The van der Waals surface area contributed by atoms with Crippen molar-refractivity contribution in [2.45, 2.75) is 45.2 Å². The lowest BCUT2D eigenvalue weighted by molar-refractivity contribution is -0.120. The van der Waals surface area contributed by atoms with E-state index in [9.17, 15) is 17.6 Å². The maximum absolute atomic E-state index is 14.3. The fraction of sp³-hybridized carbons (Fsp3) is 0.500. The van der Waals surface area contributed by atoms with Crippen molar-refractivity contribution in [2.24, 2.45) is 0 Å². The van der Waals surface area contributed by atoms with E-state index in [1.807, 2.05) is 6.92 Å². The van der Waals surface area contributed by atoms with Gasteiger partial charge in [0.2, 0.25) is 0 Å². The van der Waals surface area contributed by atoms with E-state index in [0.29, 0.717) is 31.5 Å². The van der Waals surface area contributed by atoms with Gasteiger partial charge in [-0.05, 0) is 31.0 Å². The Balaban J connectivity index is 3.03. The molecule has 0 aliphatic heterocycles. The van der Waals surface area contributed by atoms with E-state index >= 15 is 0 Å². The minimum atomic E-state index is -3.68. The van der Waals surface area contributed by atoms with E-state index in [1.165, 1.54) is 6.07 Å². The zero-order valence-electron chi connectivity index (χ0n) is 12.6. The van der Waals surface area contributed by atoms with Crippen molar-refractivity contribution in [2.75, 3.05) is 6.54 Å². The van der Waals surface area contributed by atoms with Gasteiger partial charge in [-0.15, -0.1) is 0 Å². The normalized spacial score (nSPS) is 14.6. The molecule has 1 nitrogen and oxygen atoms in total. The Morgan fingerprint density at radius 1 is 1.24 bits per heavy atom. The number of hydrogen-bond donors (Lipinski definition) is 1. The second-order valence-corrected chi connectivity index (χ2v) is 5.41. The van der Waals surface area contributed by atoms with E-state index in [0.717, 1.165) is 25.1 Å². The molecule has 1 unspecified atom stereocenters. The molecule has 0 spiro atoms. The average Bonchev–Trinajstić information content (AvgIpc) is 2.37. The molecule has 0 bridgehead atoms. The van der Waals surface area contributed by atoms with Crippen LogP contribution in [0.15, 0.2) is 30.5 Å². The number of rotatable bonds is 7. The van der Waals surface area contributed by atoms with Crippen LogP contribution in [0.4, 0.5) is 17.6 Å². The Morgan fingerprint density at radius 3 is 2.38 bits per heavy atom. The highest BCUT2D eigenvalue weighted by Gasteiger charge is 2.49. The predicted octanol–water partition coefficient (Wildman–Crippen LogP) is 4.72. The lowest BCUT2D eigenvalue weighted by Gasteiger charge is -2.28. The van der Waals surface area contributed by atoms with Gasteiger partial charge in [-0.2, -0.15) is 0 Å². The smallest absolute Gasteiger partial charge is 0.282 e. The van der Waals surface area contributed by atoms with E-state index in [-0.39, 0.29) is 0 Å². The molecule has 0 saturated heterocycles. The number of benzene rings is 1. The van der Waals surface area contributed by atoms with Crippen molar-refractivity contribution in [1.29, 1.82) is 0 Å². The van der Waals surface area contributed by atoms with E-state index < -0.39 is 23.0 Å². The van der Waals surface area contributed by atoms with Gasteiger partial charge in [0.15, 0.2) is 5.67 Å². The summed E-state index contributed by atoms with van der Waals surface area (Å²) in [6.07, 6.45) is 1.25. The van der Waals surface area contributed by atoms with Crippen LogP contribution in [0.5, 0.6) is 0 Å². The highest BCUT2D eigenvalue weighted by molar-refractivity contribution is 5.33. The molecule has 5 heteroatoms. The Kier molecular flexibility index (Phi) is 5.42. The number of allylic oxidation sites excluding steroid dienone is 1. The van der Waals surface area contributed by atoms with Gasteiger partial charge in [0.1, 0.15) is 5.82 Å². The molecular formula is C16H21F4N. The molecule has 1 aromatic rings. The van der Waals surface area contributed by atoms with Crippen molar-refractivity contribution >= 4 is 0 Å². The number of halogens is 4. The standard InChI is InChI=1S/C16H21F4N/c1-5-8-21-11(2)9-12-6-7-14(17)13(10-12)15(3,18)16(4,19)20/h6-7,10,21H,2,5,8-9H2,1,3-4H3. The summed E-state index contributed by atoms with van der Waals surface area (Å²) >= 11 is 0. The van der Waals surface area contributed by atoms with E-state index in [1.54, 1.807) is 0 Å². The monoisotopic (exact) mass is 303 g/mol. The largest absolute Gasteiger partial charge is 0.389 e. The molecule has 0 fully saturated rings. The quantitative estimate of drug-likeness (QED) is 0.719. The molecule has 0 radical (unpaired) electrons. The van der Waals surface area contributed by atoms with Crippen LogP contribution < -0.4 is 5.32 Å². The Hall–Kier alpha value is -1.52. The maximum atomic E-state index is 14.3. The minimum absolute atomic E-state index is 0.332. The second kappa shape index (κ2) is 6.50. The molecule has 1 atom stereocenters. The predicted molar refractivity (Wildman–Crippen MR) is 76.6 cm³/mol. The molecule has 118 valence electrons. The van der Waals surface area contributed by atoms with Gasteiger partial charge in [0.05, 0.1) is 0 Å². The Bertz CT molecular complexity index is 503. The summed E-state index contributed by atoms with van der Waals surface area (Å²) in [4.78, 5) is 0. The van der Waals surface area contributed by atoms with Gasteiger partial charge in [0.25, 0.3) is 5.92 Å². The first-order valence-corrected chi connectivity index (χ1v) is 6.87. The third-order valence-corrected chi connectivity index (χ3v) is 3.40. The van der Waals surface area contributed by atoms with E-state index in [2.05, 4.69) is 11.9 Å². The van der Waals surface area contributed by atoms with Gasteiger partial charge in [0, 0.05) is 31.1 Å². The molecular weight excluding hydrogens is 282 g/mol. The molecule has 1 N–H and O–H groups in total. The highest BCUT2D eigenvalue weighted by Crippen LogP contribution is 2.42. The lowest BCUT2D eigenvalue weighted by atomic mass is 9.89. The first kappa shape index (κ1) is 17.5. The molecule has 0 amide bonds. The van der Waals surface area contributed by atoms with Gasteiger partial charge in [-0.1, -0.05) is 19.6 Å². The summed E-state index contributed by atoms with van der Waals surface area (Å²) in [5, 5.41) is 3.05. The molecule has 0 saturated carbocycles. The van der Waals surface area contributed by atoms with Crippen molar-refractivity contribution < 1.29 is 17.6 Å². The van der Waals surface area contributed by atoms with Crippen LogP contribution in [0.1, 0.15) is 38.3 Å². The van der Waals surface area contributed by atoms with Crippen molar-refractivity contribution in [3.63, 3.8) is 0 Å². The summed E-state index contributed by atoms with van der Waals surface area (Å²) in [7, 11) is 0. The fourth-order valence-corrected chi connectivity index (χ4v) is 1.89. The van der Waals surface area contributed by atoms with Crippen LogP contribution in [-0.4, -0.2) is 12.5 Å². The lowest BCUT2D eigenvalue weighted by Crippen LogP contribution is -2.37. The summed E-state index contributed by atoms with van der Waals surface area (Å²) in [5.41, 5.74) is -2.48. The molecule has 21 heavy (non-hydrogen) atoms. The Morgan fingerprint density at radius 2 is 1.86 bits per heavy atom. The number of nitrogens with one attached hydrogen (secondary N) is 1. The van der Waals surface area contributed by atoms with Gasteiger partial charge >= 0.3 is 0 Å². The second-order valence-electron chi connectivity index (χ2n) is 5.41. The van der Waals surface area contributed by atoms with Gasteiger partial charge in [-0.25, -0.2) is 17.6 Å². The van der Waals surface area contributed by atoms with Crippen molar-refractivity contribution in [1.82, 2.24) is 5.32 Å². The van der Waals surface area contributed by atoms with Crippen LogP contribution in [0.25, 0.3) is 0 Å². The molecule has 0 aromatic heterocycles. The van der Waals surface area contributed by atoms with Gasteiger partial charge in [-0.3, -0.25) is 0 Å². The number of alkyl halides is 3. The van der Waals surface area contributed by atoms with Crippen LogP contribution in [0, 0.1) is 5.82 Å². The molecule has 0 heterocycles. The third kappa shape index (κ3) is 4.22. The summed E-state index contributed by atoms with van der Waals surface area (Å²) in [6, 6.07) is 3.61. The van der Waals surface area contributed by atoms with Crippen LogP contribution in [-0.2, 0) is 12.1 Å². The van der Waals surface area contributed by atoms with Crippen LogP contribution in [0.2, 0.25) is 0 Å². The average molecular weight is 303 g/mol. The summed E-state index contributed by atoms with van der Waals surface area (Å²) < 4.78 is 54.7. The zero-order valence-corrected chi connectivity index (χ0v) is 12.6. The highest BCUT2D eigenvalue weighted by atomic mass is 19.3. The third-order valence-electron chi connectivity index (χ3n) is 3.40. The zero-order chi connectivity index (χ0) is 16.3. The van der Waals surface area contributed by atoms with Crippen LogP contribution in [0.3, 0.4) is 0 Å². The molecule has 0 aliphatic carbocycles. The maximum Gasteiger partial charge on any atom is 0.282 e. The molecule has 1 rings (SSSR count). The van der Waals surface area contributed by atoms with Crippen LogP contribution >= 0.6 is 0 Å². The van der Waals surface area contributed by atoms with Crippen molar-refractivity contribution in [3.8, 4) is 0 Å². The first-order chi connectivity index (χ1) is 9.59. The van der Waals surface area contributed by atoms with Gasteiger partial charge < -0.3 is 5.32 Å². The fourth-order valence-electron chi connectivity index (χ4n) is 1.89. The summed E-state index contributed by atoms with van der Waals surface area (Å²) in [5.74, 6) is -4.65. The summed E-state index contributed by atoms with van der Waals surface area (Å²) in [6.45, 7) is 7.67. The topological polar surface area (TPSA) is 12.0 Å². The minimum Gasteiger partial charge on any atom is -0.389 e.